The lowest BCUT2D eigenvalue weighted by Crippen LogP contribution is -2.49. The number of nitrogens with zero attached hydrogens (tertiary/aromatic N) is 4. The van der Waals surface area contributed by atoms with Gasteiger partial charge in [0.15, 0.2) is 15.7 Å². The van der Waals surface area contributed by atoms with E-state index in [2.05, 4.69) is 43.4 Å². The van der Waals surface area contributed by atoms with E-state index in [1.165, 1.54) is 0 Å². The van der Waals surface area contributed by atoms with Gasteiger partial charge in [0.25, 0.3) is 0 Å². The van der Waals surface area contributed by atoms with Gasteiger partial charge in [0.2, 0.25) is 0 Å². The van der Waals surface area contributed by atoms with Crippen LogP contribution in [0.2, 0.25) is 0 Å². The third-order valence-electron chi connectivity index (χ3n) is 8.28. The lowest BCUT2D eigenvalue weighted by molar-refractivity contribution is 0.180. The summed E-state index contributed by atoms with van der Waals surface area (Å²) in [6.07, 6.45) is 5.69. The minimum atomic E-state index is -3.47. The second-order valence-corrected chi connectivity index (χ2v) is 17.6. The van der Waals surface area contributed by atoms with Crippen LogP contribution in [-0.2, 0) is 9.84 Å². The molecule has 1 aromatic heterocycles. The molecule has 2 aliphatic rings. The number of ether oxygens (including phenoxy) is 1. The van der Waals surface area contributed by atoms with Crippen molar-refractivity contribution < 1.29 is 18.0 Å². The Hall–Kier alpha value is -2.98. The molecule has 0 spiro atoms. The molecule has 10 nitrogen and oxygen atoms in total. The Morgan fingerprint density at radius 2 is 1.71 bits per heavy atom. The molecule has 0 bridgehead atoms. The van der Waals surface area contributed by atoms with Crippen molar-refractivity contribution in [3.63, 3.8) is 0 Å². The molecule has 3 heterocycles. The van der Waals surface area contributed by atoms with E-state index in [0.29, 0.717) is 29.0 Å². The molecular formula is C30H42N6O4PS+. The molecule has 3 N–H and O–H groups in total. The van der Waals surface area contributed by atoms with Gasteiger partial charge in [0.05, 0.1) is 59.5 Å². The van der Waals surface area contributed by atoms with Crippen LogP contribution in [0.1, 0.15) is 26.7 Å². The fraction of sp³-hybridized carbons (Fsp3) is 0.467. The van der Waals surface area contributed by atoms with Gasteiger partial charge >= 0.3 is 0 Å². The Kier molecular flexibility index (Phi) is 9.23. The van der Waals surface area contributed by atoms with Crippen molar-refractivity contribution in [2.45, 2.75) is 42.9 Å². The molecule has 2 fully saturated rings. The minimum Gasteiger partial charge on any atom is -0.494 e. The van der Waals surface area contributed by atoms with E-state index in [0.717, 1.165) is 62.7 Å². The smallest absolute Gasteiger partial charge is 0.182 e. The highest BCUT2D eigenvalue weighted by Gasteiger charge is 2.37. The van der Waals surface area contributed by atoms with E-state index in [-0.39, 0.29) is 4.90 Å². The predicted octanol–water partition coefficient (Wildman–Crippen LogP) is 4.99. The summed E-state index contributed by atoms with van der Waals surface area (Å²) in [4.78, 5) is 15.6. The number of benzene rings is 2. The fourth-order valence-electron chi connectivity index (χ4n) is 5.61. The number of piperidine rings is 1. The fourth-order valence-corrected chi connectivity index (χ4v) is 8.41. The van der Waals surface area contributed by atoms with E-state index in [1.807, 2.05) is 12.1 Å². The van der Waals surface area contributed by atoms with Crippen LogP contribution < -0.4 is 20.3 Å². The molecule has 12 heteroatoms. The third-order valence-corrected chi connectivity index (χ3v) is 12.8. The van der Waals surface area contributed by atoms with E-state index in [1.54, 1.807) is 57.5 Å². The Morgan fingerprint density at radius 1 is 1.00 bits per heavy atom. The van der Waals surface area contributed by atoms with Crippen LogP contribution in [0.25, 0.3) is 0 Å². The topological polar surface area (TPSA) is 120 Å². The first-order valence-corrected chi connectivity index (χ1v) is 18.6. The largest absolute Gasteiger partial charge is 0.494 e. The van der Waals surface area contributed by atoms with Crippen molar-refractivity contribution in [1.29, 1.82) is 0 Å². The number of methoxy groups -OCH3 is 1. The van der Waals surface area contributed by atoms with Crippen LogP contribution in [0.4, 0.5) is 28.6 Å². The van der Waals surface area contributed by atoms with Crippen LogP contribution in [0, 0.1) is 0 Å². The van der Waals surface area contributed by atoms with Crippen LogP contribution in [-0.4, -0.2) is 92.0 Å². The summed E-state index contributed by atoms with van der Waals surface area (Å²) in [5.74, 6) is 1.20. The Bertz CT molecular complexity index is 1480. The summed E-state index contributed by atoms with van der Waals surface area (Å²) in [6.45, 7) is 9.40. The maximum absolute atomic E-state index is 12.9. The van der Waals surface area contributed by atoms with Gasteiger partial charge in [-0.25, -0.2) is 8.42 Å². The van der Waals surface area contributed by atoms with Crippen molar-refractivity contribution in [2.24, 2.45) is 0 Å². The molecule has 2 aliphatic heterocycles. The molecule has 2 saturated heterocycles. The summed E-state index contributed by atoms with van der Waals surface area (Å²) >= 11 is 0. The molecular weight excluding hydrogens is 571 g/mol. The van der Waals surface area contributed by atoms with Crippen molar-refractivity contribution in [2.75, 3.05) is 67.8 Å². The Labute approximate surface area is 249 Å². The molecule has 0 amide bonds. The molecule has 42 heavy (non-hydrogen) atoms. The molecule has 0 unspecified atom stereocenters. The molecule has 2 aromatic carbocycles. The number of nitrogens with one attached hydrogen (secondary N) is 2. The van der Waals surface area contributed by atoms with Gasteiger partial charge in [-0.3, -0.25) is 9.79 Å². The predicted molar refractivity (Wildman–Crippen MR) is 172 cm³/mol. The second kappa shape index (κ2) is 12.7. The van der Waals surface area contributed by atoms with Crippen LogP contribution in [0.5, 0.6) is 5.75 Å². The first-order chi connectivity index (χ1) is 20.1. The molecule has 0 atom stereocenters. The van der Waals surface area contributed by atoms with Crippen molar-refractivity contribution >= 4 is 45.9 Å². The first-order valence-electron chi connectivity index (χ1n) is 14.5. The average molecular weight is 614 g/mol. The monoisotopic (exact) mass is 613 g/mol. The highest BCUT2D eigenvalue weighted by atomic mass is 32.2. The van der Waals surface area contributed by atoms with Crippen LogP contribution in [0.15, 0.2) is 59.6 Å². The molecule has 226 valence electrons. The molecule has 0 saturated carbocycles. The van der Waals surface area contributed by atoms with Gasteiger partial charge in [-0.2, -0.15) is 5.10 Å². The number of aromatic nitrogens is 2. The van der Waals surface area contributed by atoms with Gasteiger partial charge in [-0.1, -0.05) is 12.1 Å². The number of anilines is 5. The molecule has 5 rings (SSSR count). The number of hydrogen-bond donors (Lipinski definition) is 3. The highest BCUT2D eigenvalue weighted by Crippen LogP contribution is 2.52. The van der Waals surface area contributed by atoms with Gasteiger partial charge in [0.1, 0.15) is 13.2 Å². The number of rotatable bonds is 9. The van der Waals surface area contributed by atoms with Crippen LogP contribution >= 0.6 is 7.49 Å². The number of hydrogen-bond acceptors (Lipinski definition) is 10. The normalized spacial score (nSPS) is 18.2. The zero-order chi connectivity index (χ0) is 29.9. The summed E-state index contributed by atoms with van der Waals surface area (Å²) < 4.78 is 31.5. The zero-order valence-electron chi connectivity index (χ0n) is 24.8. The lowest BCUT2D eigenvalue weighted by atomic mass is 10.0. The Morgan fingerprint density at radius 3 is 2.40 bits per heavy atom. The molecule has 0 aliphatic carbocycles. The third kappa shape index (κ3) is 6.97. The Balaban J connectivity index is 1.25. The summed E-state index contributed by atoms with van der Waals surface area (Å²) in [5.41, 5.74) is 2.97. The summed E-state index contributed by atoms with van der Waals surface area (Å²) in [5, 5.41) is 14.3. The maximum Gasteiger partial charge on any atom is 0.182 e. The van der Waals surface area contributed by atoms with E-state index < -0.39 is 22.6 Å². The quantitative estimate of drug-likeness (QED) is 0.285. The van der Waals surface area contributed by atoms with Crippen LogP contribution in [0.3, 0.4) is 0 Å². The first kappa shape index (κ1) is 30.5. The van der Waals surface area contributed by atoms with E-state index >= 15 is 0 Å². The van der Waals surface area contributed by atoms with Gasteiger partial charge in [0, 0.05) is 50.0 Å². The van der Waals surface area contributed by atoms with Gasteiger partial charge < -0.3 is 20.3 Å². The van der Waals surface area contributed by atoms with E-state index in [4.69, 9.17) is 4.74 Å². The minimum absolute atomic E-state index is 0.248. The SMILES string of the molecule is COc1cc(N2CCC(N3CC[P+](C)(O)CC3)CC2)ccc1Nc1cc(Nc2ccccc2S(=O)(=O)C(C)C)cnn1. The molecule has 0 radical (unpaired) electrons. The van der Waals surface area contributed by atoms with Gasteiger partial charge in [-0.15, -0.1) is 5.10 Å². The maximum atomic E-state index is 12.9. The van der Waals surface area contributed by atoms with E-state index in [9.17, 15) is 13.3 Å². The summed E-state index contributed by atoms with van der Waals surface area (Å²) in [7, 11) is -3.47. The summed E-state index contributed by atoms with van der Waals surface area (Å²) in [6, 6.07) is 15.4. The van der Waals surface area contributed by atoms with Crippen molar-refractivity contribution in [3.8, 4) is 5.75 Å². The zero-order valence-corrected chi connectivity index (χ0v) is 26.5. The highest BCUT2D eigenvalue weighted by molar-refractivity contribution is 7.92. The van der Waals surface area contributed by atoms with Crippen molar-refractivity contribution in [3.05, 3.63) is 54.7 Å². The second-order valence-electron chi connectivity index (χ2n) is 11.6. The van der Waals surface area contributed by atoms with Crippen molar-refractivity contribution in [1.82, 2.24) is 15.1 Å². The molecule has 3 aromatic rings. The number of para-hydroxylation sites is 1. The lowest BCUT2D eigenvalue weighted by Gasteiger charge is -2.41. The average Bonchev–Trinajstić information content (AvgIpc) is 2.98. The van der Waals surface area contributed by atoms with Gasteiger partial charge in [-0.05, 0) is 51.0 Å². The standard InChI is InChI=1S/C30H42N6O4PS/c1-22(2)42(38,39)29-8-6-5-7-27(29)32-23-19-30(34-31-21-23)33-26-10-9-25(20-28(26)40-3)35-13-11-24(12-14-35)36-15-17-41(4,37)18-16-36/h5-10,19-22,24,37H,11-18H2,1-4H3,(H2,32,33,34)/q+1. The number of sulfone groups is 1.